The van der Waals surface area contributed by atoms with Gasteiger partial charge in [-0.05, 0) is 55.4 Å². The molecule has 0 spiro atoms. The lowest BCUT2D eigenvalue weighted by atomic mass is 9.87. The van der Waals surface area contributed by atoms with Crippen LogP contribution >= 0.6 is 0 Å². The monoisotopic (exact) mass is 261 g/mol. The molecular formula is C16H23NO2. The van der Waals surface area contributed by atoms with Crippen molar-refractivity contribution < 1.29 is 10.2 Å². The van der Waals surface area contributed by atoms with E-state index in [0.29, 0.717) is 12.3 Å². The maximum Gasteiger partial charge on any atom is 0.115 e. The molecule has 3 heteroatoms. The van der Waals surface area contributed by atoms with Crippen molar-refractivity contribution >= 4 is 0 Å². The Morgan fingerprint density at radius 1 is 1.21 bits per heavy atom. The molecule has 3 rings (SSSR count). The Morgan fingerprint density at radius 2 is 2.00 bits per heavy atom. The molecule has 0 heterocycles. The van der Waals surface area contributed by atoms with Gasteiger partial charge in [0.25, 0.3) is 0 Å². The molecule has 3 nitrogen and oxygen atoms in total. The van der Waals surface area contributed by atoms with Gasteiger partial charge >= 0.3 is 0 Å². The zero-order valence-corrected chi connectivity index (χ0v) is 11.4. The fourth-order valence-electron chi connectivity index (χ4n) is 3.52. The van der Waals surface area contributed by atoms with E-state index in [1.165, 1.54) is 17.5 Å². The Labute approximate surface area is 114 Å². The Balaban J connectivity index is 1.71. The molecule has 2 aliphatic rings. The van der Waals surface area contributed by atoms with Gasteiger partial charge in [0.1, 0.15) is 5.75 Å². The number of hydrogen-bond acceptors (Lipinski definition) is 3. The number of aryl methyl sites for hydroxylation is 1. The third-order valence-electron chi connectivity index (χ3n) is 4.66. The summed E-state index contributed by atoms with van der Waals surface area (Å²) in [6.07, 6.45) is 7.47. The van der Waals surface area contributed by atoms with Crippen LogP contribution in [0.1, 0.15) is 55.7 Å². The second-order valence-electron chi connectivity index (χ2n) is 6.14. The molecule has 3 N–H and O–H groups in total. The first-order chi connectivity index (χ1) is 9.16. The lowest BCUT2D eigenvalue weighted by Crippen LogP contribution is -2.40. The molecule has 19 heavy (non-hydrogen) atoms. The van der Waals surface area contributed by atoms with Crippen LogP contribution in [0.5, 0.6) is 5.75 Å². The summed E-state index contributed by atoms with van der Waals surface area (Å²) in [6.45, 7) is 0.673. The summed E-state index contributed by atoms with van der Waals surface area (Å²) in [6, 6.07) is 5.96. The largest absolute Gasteiger partial charge is 0.508 e. The summed E-state index contributed by atoms with van der Waals surface area (Å²) in [7, 11) is 0. The Morgan fingerprint density at radius 3 is 2.79 bits per heavy atom. The number of nitrogens with one attached hydrogen (secondary N) is 1. The van der Waals surface area contributed by atoms with E-state index in [-0.39, 0.29) is 6.04 Å². The molecule has 1 aromatic rings. The van der Waals surface area contributed by atoms with Crippen LogP contribution < -0.4 is 5.32 Å². The second-order valence-corrected chi connectivity index (χ2v) is 6.14. The first-order valence-corrected chi connectivity index (χ1v) is 7.44. The smallest absolute Gasteiger partial charge is 0.115 e. The van der Waals surface area contributed by atoms with E-state index in [4.69, 9.17) is 0 Å². The number of rotatable bonds is 3. The topological polar surface area (TPSA) is 52.5 Å². The van der Waals surface area contributed by atoms with Gasteiger partial charge in [-0.2, -0.15) is 0 Å². The highest BCUT2D eigenvalue weighted by molar-refractivity contribution is 5.38. The Bertz CT molecular complexity index is 452. The zero-order chi connectivity index (χ0) is 13.3. The molecule has 104 valence electrons. The van der Waals surface area contributed by atoms with Crippen molar-refractivity contribution in [1.82, 2.24) is 5.32 Å². The van der Waals surface area contributed by atoms with Gasteiger partial charge in [-0.1, -0.05) is 18.9 Å². The highest BCUT2D eigenvalue weighted by Crippen LogP contribution is 2.34. The Kier molecular flexibility index (Phi) is 3.50. The molecule has 1 atom stereocenters. The van der Waals surface area contributed by atoms with Crippen molar-refractivity contribution in [1.29, 1.82) is 0 Å². The van der Waals surface area contributed by atoms with Crippen LogP contribution in [-0.4, -0.2) is 22.4 Å². The van der Waals surface area contributed by atoms with Crippen LogP contribution in [0.3, 0.4) is 0 Å². The minimum atomic E-state index is -0.506. The molecule has 0 amide bonds. The second kappa shape index (κ2) is 5.14. The molecule has 0 radical (unpaired) electrons. The van der Waals surface area contributed by atoms with Crippen molar-refractivity contribution in [3.8, 4) is 5.75 Å². The maximum absolute atomic E-state index is 10.4. The van der Waals surface area contributed by atoms with Gasteiger partial charge in [-0.15, -0.1) is 0 Å². The van der Waals surface area contributed by atoms with E-state index in [1.54, 1.807) is 6.07 Å². The van der Waals surface area contributed by atoms with Gasteiger partial charge in [0.15, 0.2) is 0 Å². The number of phenols is 1. The maximum atomic E-state index is 10.4. The molecule has 2 aliphatic carbocycles. The van der Waals surface area contributed by atoms with Gasteiger partial charge in [0.2, 0.25) is 0 Å². The quantitative estimate of drug-likeness (QED) is 0.784. The highest BCUT2D eigenvalue weighted by atomic mass is 16.3. The minimum Gasteiger partial charge on any atom is -0.508 e. The SMILES string of the molecule is Oc1ccc2c(c1)C(NCC1(O)CCCC1)CCC2. The van der Waals surface area contributed by atoms with Crippen LogP contribution in [0.15, 0.2) is 18.2 Å². The normalized spacial score (nSPS) is 25.2. The van der Waals surface area contributed by atoms with Crippen LogP contribution in [0.4, 0.5) is 0 Å². The van der Waals surface area contributed by atoms with Gasteiger partial charge in [0, 0.05) is 12.6 Å². The predicted molar refractivity (Wildman–Crippen MR) is 75.2 cm³/mol. The predicted octanol–water partition coefficient (Wildman–Crippen LogP) is 2.66. The van der Waals surface area contributed by atoms with Crippen molar-refractivity contribution in [2.75, 3.05) is 6.54 Å². The zero-order valence-electron chi connectivity index (χ0n) is 11.4. The molecule has 1 saturated carbocycles. The first kappa shape index (κ1) is 12.9. The number of benzene rings is 1. The van der Waals surface area contributed by atoms with Crippen LogP contribution in [0.25, 0.3) is 0 Å². The number of phenolic OH excluding ortho intramolecular Hbond substituents is 1. The van der Waals surface area contributed by atoms with Crippen molar-refractivity contribution in [3.63, 3.8) is 0 Å². The summed E-state index contributed by atoms with van der Waals surface area (Å²) in [5, 5.41) is 23.6. The molecule has 1 unspecified atom stereocenters. The van der Waals surface area contributed by atoms with Crippen LogP contribution in [-0.2, 0) is 6.42 Å². The van der Waals surface area contributed by atoms with E-state index in [9.17, 15) is 10.2 Å². The van der Waals surface area contributed by atoms with Gasteiger partial charge in [-0.3, -0.25) is 0 Å². The van der Waals surface area contributed by atoms with E-state index in [2.05, 4.69) is 5.32 Å². The minimum absolute atomic E-state index is 0.278. The molecule has 0 aliphatic heterocycles. The standard InChI is InChI=1S/C16H23NO2/c18-13-7-6-12-4-3-5-15(14(12)10-13)17-11-16(19)8-1-2-9-16/h6-7,10,15,17-19H,1-5,8-9,11H2. The van der Waals surface area contributed by atoms with E-state index in [1.807, 2.05) is 12.1 Å². The van der Waals surface area contributed by atoms with E-state index < -0.39 is 5.60 Å². The number of aromatic hydroxyl groups is 1. The van der Waals surface area contributed by atoms with E-state index >= 15 is 0 Å². The fourth-order valence-corrected chi connectivity index (χ4v) is 3.52. The summed E-state index contributed by atoms with van der Waals surface area (Å²) >= 11 is 0. The Hall–Kier alpha value is -1.06. The summed E-state index contributed by atoms with van der Waals surface area (Å²) < 4.78 is 0. The molecule has 0 aromatic heterocycles. The van der Waals surface area contributed by atoms with Crippen LogP contribution in [0, 0.1) is 0 Å². The molecule has 1 aromatic carbocycles. The third-order valence-corrected chi connectivity index (χ3v) is 4.66. The average molecular weight is 261 g/mol. The van der Waals surface area contributed by atoms with Crippen LogP contribution in [0.2, 0.25) is 0 Å². The fraction of sp³-hybridized carbons (Fsp3) is 0.625. The van der Waals surface area contributed by atoms with E-state index in [0.717, 1.165) is 38.5 Å². The molecule has 0 saturated heterocycles. The number of aliphatic hydroxyl groups is 1. The van der Waals surface area contributed by atoms with Crippen molar-refractivity contribution in [2.24, 2.45) is 0 Å². The van der Waals surface area contributed by atoms with Gasteiger partial charge in [0.05, 0.1) is 5.60 Å². The van der Waals surface area contributed by atoms with Crippen molar-refractivity contribution in [3.05, 3.63) is 29.3 Å². The molecular weight excluding hydrogens is 238 g/mol. The molecule has 0 bridgehead atoms. The summed E-state index contributed by atoms with van der Waals surface area (Å²) in [5.41, 5.74) is 2.04. The summed E-state index contributed by atoms with van der Waals surface area (Å²) in [4.78, 5) is 0. The number of fused-ring (bicyclic) bond motifs is 1. The van der Waals surface area contributed by atoms with Gasteiger partial charge < -0.3 is 15.5 Å². The highest BCUT2D eigenvalue weighted by Gasteiger charge is 2.32. The van der Waals surface area contributed by atoms with Crippen molar-refractivity contribution in [2.45, 2.75) is 56.6 Å². The number of hydrogen-bond donors (Lipinski definition) is 3. The molecule has 1 fully saturated rings. The summed E-state index contributed by atoms with van der Waals surface area (Å²) in [5.74, 6) is 0.340. The average Bonchev–Trinajstić information content (AvgIpc) is 2.84. The lowest BCUT2D eigenvalue weighted by Gasteiger charge is -2.30. The first-order valence-electron chi connectivity index (χ1n) is 7.44. The third kappa shape index (κ3) is 2.77. The van der Waals surface area contributed by atoms with Gasteiger partial charge in [-0.25, -0.2) is 0 Å². The lowest BCUT2D eigenvalue weighted by molar-refractivity contribution is 0.0442.